The average Bonchev–Trinajstić information content (AvgIpc) is 3.08. The minimum absolute atomic E-state index is 0.0207. The molecule has 1 aromatic heterocycles. The second-order valence-corrected chi connectivity index (χ2v) is 7.97. The van der Waals surface area contributed by atoms with Gasteiger partial charge < -0.3 is 15.1 Å². The number of hydrogen-bond acceptors (Lipinski definition) is 4. The molecule has 2 amide bonds. The molecule has 1 atom stereocenters. The second-order valence-electron chi connectivity index (χ2n) is 6.99. The number of hydrogen-bond donors (Lipinski definition) is 1. The quantitative estimate of drug-likeness (QED) is 0.856. The standard InChI is InChI=1S/C18H29N3O2S/c1-13(2)18(23)21-9-7-14(8-10-21)17(22)19-12-15(20(3)4)16-6-5-11-24-16/h5-6,11,13-15H,7-10,12H2,1-4H3,(H,19,22). The van der Waals surface area contributed by atoms with E-state index >= 15 is 0 Å². The molecule has 2 rings (SSSR count). The molecular weight excluding hydrogens is 322 g/mol. The fourth-order valence-corrected chi connectivity index (χ4v) is 4.01. The summed E-state index contributed by atoms with van der Waals surface area (Å²) in [4.78, 5) is 29.8. The number of nitrogens with zero attached hydrogens (tertiary/aromatic N) is 2. The van der Waals surface area contributed by atoms with Crippen LogP contribution in [0.15, 0.2) is 17.5 Å². The molecular formula is C18H29N3O2S. The summed E-state index contributed by atoms with van der Waals surface area (Å²) < 4.78 is 0. The van der Waals surface area contributed by atoms with E-state index in [4.69, 9.17) is 0 Å². The van der Waals surface area contributed by atoms with Crippen LogP contribution in [0.25, 0.3) is 0 Å². The van der Waals surface area contributed by atoms with Gasteiger partial charge in [-0.2, -0.15) is 0 Å². The number of likely N-dealkylation sites (tertiary alicyclic amines) is 1. The van der Waals surface area contributed by atoms with Crippen LogP contribution in [-0.2, 0) is 9.59 Å². The average molecular weight is 352 g/mol. The molecule has 1 aliphatic rings. The molecule has 1 N–H and O–H groups in total. The molecule has 1 aliphatic heterocycles. The third kappa shape index (κ3) is 4.80. The van der Waals surface area contributed by atoms with Crippen molar-refractivity contribution in [2.24, 2.45) is 11.8 Å². The summed E-state index contributed by atoms with van der Waals surface area (Å²) in [6.45, 7) is 5.85. The SMILES string of the molecule is CC(C)C(=O)N1CCC(C(=O)NCC(c2cccs2)N(C)C)CC1. The Labute approximate surface area is 149 Å². The van der Waals surface area contributed by atoms with Gasteiger partial charge in [0.1, 0.15) is 0 Å². The zero-order valence-corrected chi connectivity index (χ0v) is 15.9. The lowest BCUT2D eigenvalue weighted by molar-refractivity contribution is -0.138. The molecule has 1 aromatic rings. The Bertz CT molecular complexity index is 534. The summed E-state index contributed by atoms with van der Waals surface area (Å²) in [7, 11) is 4.07. The number of carbonyl (C=O) groups excluding carboxylic acids is 2. The summed E-state index contributed by atoms with van der Waals surface area (Å²) in [5.41, 5.74) is 0. The maximum atomic E-state index is 12.5. The van der Waals surface area contributed by atoms with E-state index in [-0.39, 0.29) is 29.7 Å². The van der Waals surface area contributed by atoms with Gasteiger partial charge in [-0.25, -0.2) is 0 Å². The van der Waals surface area contributed by atoms with Crippen molar-refractivity contribution in [3.63, 3.8) is 0 Å². The molecule has 0 saturated carbocycles. The third-order valence-corrected chi connectivity index (χ3v) is 5.61. The minimum atomic E-state index is 0.0207. The molecule has 0 aromatic carbocycles. The zero-order valence-electron chi connectivity index (χ0n) is 15.1. The molecule has 0 spiro atoms. The number of nitrogens with one attached hydrogen (secondary N) is 1. The fourth-order valence-electron chi connectivity index (χ4n) is 3.09. The Balaban J connectivity index is 1.82. The smallest absolute Gasteiger partial charge is 0.225 e. The van der Waals surface area contributed by atoms with Gasteiger partial charge in [0.25, 0.3) is 0 Å². The van der Waals surface area contributed by atoms with Crippen molar-refractivity contribution in [1.29, 1.82) is 0 Å². The van der Waals surface area contributed by atoms with E-state index < -0.39 is 0 Å². The lowest BCUT2D eigenvalue weighted by atomic mass is 9.95. The van der Waals surface area contributed by atoms with Gasteiger partial charge in [-0.05, 0) is 38.4 Å². The van der Waals surface area contributed by atoms with Gasteiger partial charge in [0.2, 0.25) is 11.8 Å². The van der Waals surface area contributed by atoms with Crippen molar-refractivity contribution in [2.75, 3.05) is 33.7 Å². The van der Waals surface area contributed by atoms with Crippen molar-refractivity contribution in [3.05, 3.63) is 22.4 Å². The predicted molar refractivity (Wildman–Crippen MR) is 97.9 cm³/mol. The highest BCUT2D eigenvalue weighted by Gasteiger charge is 2.28. The Morgan fingerprint density at radius 3 is 2.50 bits per heavy atom. The topological polar surface area (TPSA) is 52.7 Å². The van der Waals surface area contributed by atoms with Gasteiger partial charge in [-0.1, -0.05) is 19.9 Å². The molecule has 1 fully saturated rings. The first-order chi connectivity index (χ1) is 11.4. The van der Waals surface area contributed by atoms with Crippen LogP contribution in [0, 0.1) is 11.8 Å². The van der Waals surface area contributed by atoms with Crippen LogP contribution in [0.1, 0.15) is 37.6 Å². The number of piperidine rings is 1. The van der Waals surface area contributed by atoms with Crippen LogP contribution in [0.5, 0.6) is 0 Å². The van der Waals surface area contributed by atoms with E-state index in [2.05, 4.69) is 21.7 Å². The van der Waals surface area contributed by atoms with Crippen LogP contribution >= 0.6 is 11.3 Å². The Kier molecular flexibility index (Phi) is 6.80. The minimum Gasteiger partial charge on any atom is -0.354 e. The summed E-state index contributed by atoms with van der Waals surface area (Å²) in [6, 6.07) is 4.36. The monoisotopic (exact) mass is 351 g/mol. The molecule has 0 radical (unpaired) electrons. The molecule has 1 unspecified atom stereocenters. The van der Waals surface area contributed by atoms with Crippen LogP contribution in [0.2, 0.25) is 0 Å². The van der Waals surface area contributed by atoms with E-state index in [0.29, 0.717) is 19.6 Å². The second kappa shape index (κ2) is 8.62. The Morgan fingerprint density at radius 2 is 2.00 bits per heavy atom. The molecule has 24 heavy (non-hydrogen) atoms. The number of amides is 2. The number of rotatable bonds is 6. The van der Waals surface area contributed by atoms with Crippen molar-refractivity contribution >= 4 is 23.2 Å². The first-order valence-corrected chi connectivity index (χ1v) is 9.54. The highest BCUT2D eigenvalue weighted by atomic mass is 32.1. The first-order valence-electron chi connectivity index (χ1n) is 8.66. The van der Waals surface area contributed by atoms with Crippen LogP contribution in [-0.4, -0.2) is 55.3 Å². The lowest BCUT2D eigenvalue weighted by Gasteiger charge is -2.33. The van der Waals surface area contributed by atoms with Gasteiger partial charge in [0.05, 0.1) is 6.04 Å². The summed E-state index contributed by atoms with van der Waals surface area (Å²) >= 11 is 1.72. The van der Waals surface area contributed by atoms with Gasteiger partial charge in [-0.15, -0.1) is 11.3 Å². The van der Waals surface area contributed by atoms with Crippen LogP contribution in [0.3, 0.4) is 0 Å². The van der Waals surface area contributed by atoms with Crippen LogP contribution < -0.4 is 5.32 Å². The zero-order chi connectivity index (χ0) is 17.7. The van der Waals surface area contributed by atoms with E-state index in [0.717, 1.165) is 12.8 Å². The van der Waals surface area contributed by atoms with E-state index in [1.165, 1.54) is 4.88 Å². The van der Waals surface area contributed by atoms with Crippen LogP contribution in [0.4, 0.5) is 0 Å². The molecule has 6 heteroatoms. The molecule has 0 bridgehead atoms. The fraction of sp³-hybridized carbons (Fsp3) is 0.667. The molecule has 134 valence electrons. The molecule has 2 heterocycles. The van der Waals surface area contributed by atoms with Gasteiger partial charge in [0.15, 0.2) is 0 Å². The van der Waals surface area contributed by atoms with Gasteiger partial charge >= 0.3 is 0 Å². The van der Waals surface area contributed by atoms with E-state index in [9.17, 15) is 9.59 Å². The van der Waals surface area contributed by atoms with Crippen molar-refractivity contribution in [3.8, 4) is 0 Å². The summed E-state index contributed by atoms with van der Waals surface area (Å²) in [5.74, 6) is 0.364. The highest BCUT2D eigenvalue weighted by molar-refractivity contribution is 7.10. The summed E-state index contributed by atoms with van der Waals surface area (Å²) in [6.07, 6.45) is 1.52. The highest BCUT2D eigenvalue weighted by Crippen LogP contribution is 2.23. The largest absolute Gasteiger partial charge is 0.354 e. The normalized spacial score (nSPS) is 17.3. The molecule has 0 aliphatic carbocycles. The predicted octanol–water partition coefficient (Wildman–Crippen LogP) is 2.36. The first kappa shape index (κ1) is 18.9. The third-order valence-electron chi connectivity index (χ3n) is 4.64. The summed E-state index contributed by atoms with van der Waals surface area (Å²) in [5, 5.41) is 5.18. The van der Waals surface area contributed by atoms with Gasteiger partial charge in [0, 0.05) is 36.3 Å². The maximum absolute atomic E-state index is 12.5. The van der Waals surface area contributed by atoms with Crippen molar-refractivity contribution in [1.82, 2.24) is 15.1 Å². The number of likely N-dealkylation sites (N-methyl/N-ethyl adjacent to an activating group) is 1. The molecule has 5 nitrogen and oxygen atoms in total. The van der Waals surface area contributed by atoms with E-state index in [1.807, 2.05) is 38.9 Å². The van der Waals surface area contributed by atoms with Crippen molar-refractivity contribution in [2.45, 2.75) is 32.7 Å². The Hall–Kier alpha value is -1.40. The maximum Gasteiger partial charge on any atom is 0.225 e. The Morgan fingerprint density at radius 1 is 1.33 bits per heavy atom. The molecule has 1 saturated heterocycles. The van der Waals surface area contributed by atoms with Crippen molar-refractivity contribution < 1.29 is 9.59 Å². The van der Waals surface area contributed by atoms with Gasteiger partial charge in [-0.3, -0.25) is 9.59 Å². The van der Waals surface area contributed by atoms with E-state index in [1.54, 1.807) is 11.3 Å². The number of carbonyl (C=O) groups is 2. The number of thiophene rings is 1. The lowest BCUT2D eigenvalue weighted by Crippen LogP contribution is -2.45.